The van der Waals surface area contributed by atoms with Gasteiger partial charge in [-0.1, -0.05) is 44.5 Å². The molecule has 0 spiro atoms. The highest BCUT2D eigenvalue weighted by Crippen LogP contribution is 2.53. The Morgan fingerprint density at radius 2 is 1.94 bits per heavy atom. The van der Waals surface area contributed by atoms with Crippen LogP contribution in [-0.2, 0) is 17.7 Å². The van der Waals surface area contributed by atoms with Crippen LogP contribution in [0, 0.1) is 35.4 Å². The van der Waals surface area contributed by atoms with Crippen molar-refractivity contribution in [3.8, 4) is 5.75 Å². The molecule has 0 bridgehead atoms. The van der Waals surface area contributed by atoms with Gasteiger partial charge in [0.1, 0.15) is 17.2 Å². The van der Waals surface area contributed by atoms with Gasteiger partial charge < -0.3 is 25.0 Å². The van der Waals surface area contributed by atoms with Gasteiger partial charge in [0.2, 0.25) is 0 Å². The number of benzene rings is 2. The number of rotatable bonds is 10. The molecule has 2 aromatic rings. The highest BCUT2D eigenvalue weighted by molar-refractivity contribution is 6.30. The van der Waals surface area contributed by atoms with E-state index in [1.54, 1.807) is 13.1 Å². The van der Waals surface area contributed by atoms with Gasteiger partial charge in [0.15, 0.2) is 0 Å². The average molecular weight is 695 g/mol. The first-order chi connectivity index (χ1) is 23.6. The Hall–Kier alpha value is -2.65. The molecular weight excluding hydrogens is 639 g/mol. The summed E-state index contributed by atoms with van der Waals surface area (Å²) in [6, 6.07) is 9.36. The molecule has 5 atom stereocenters. The molecule has 9 heteroatoms. The molecular formula is C40H56ClFN4O3. The minimum Gasteiger partial charge on any atom is -0.491 e. The maximum absolute atomic E-state index is 15.6. The molecule has 1 saturated heterocycles. The predicted molar refractivity (Wildman–Crippen MR) is 196 cm³/mol. The molecule has 2 heterocycles. The SMILES string of the molecule is CNC(=O)c1ccc2c(c1)N(C[C@@H]1CC[C@H]1[C@@](CN1CCNCC1)(OC)C1=C[C@H]([C@H](C)C(C)C)C1)Cc1ccc(Cl)c(F)c1CCCCO2. The largest absolute Gasteiger partial charge is 0.491 e. The van der Waals surface area contributed by atoms with Gasteiger partial charge in [-0.3, -0.25) is 9.69 Å². The van der Waals surface area contributed by atoms with E-state index in [0.29, 0.717) is 60.3 Å². The highest BCUT2D eigenvalue weighted by Gasteiger charge is 2.53. The molecule has 0 aromatic heterocycles. The van der Waals surface area contributed by atoms with E-state index in [0.717, 1.165) is 88.4 Å². The van der Waals surface area contributed by atoms with Crippen molar-refractivity contribution in [1.29, 1.82) is 0 Å². The summed E-state index contributed by atoms with van der Waals surface area (Å²) < 4.78 is 28.8. The summed E-state index contributed by atoms with van der Waals surface area (Å²) in [5.74, 6) is 2.82. The van der Waals surface area contributed by atoms with Crippen LogP contribution >= 0.6 is 11.6 Å². The van der Waals surface area contributed by atoms with Crippen molar-refractivity contribution < 1.29 is 18.7 Å². The van der Waals surface area contributed by atoms with Crippen LogP contribution in [0.1, 0.15) is 74.4 Å². The molecule has 7 nitrogen and oxygen atoms in total. The number of carbonyl (C=O) groups is 1. The number of methoxy groups -OCH3 is 1. The molecule has 6 rings (SSSR count). The zero-order valence-corrected chi connectivity index (χ0v) is 30.9. The van der Waals surface area contributed by atoms with Crippen molar-refractivity contribution in [2.24, 2.45) is 29.6 Å². The van der Waals surface area contributed by atoms with Crippen molar-refractivity contribution in [3.05, 3.63) is 69.5 Å². The quantitative estimate of drug-likeness (QED) is 0.259. The Morgan fingerprint density at radius 1 is 1.16 bits per heavy atom. The van der Waals surface area contributed by atoms with E-state index < -0.39 is 0 Å². The summed E-state index contributed by atoms with van der Waals surface area (Å²) in [5.41, 5.74) is 4.17. The second-order valence-corrected chi connectivity index (χ2v) is 15.6. The van der Waals surface area contributed by atoms with E-state index in [1.807, 2.05) is 31.4 Å². The van der Waals surface area contributed by atoms with Crippen molar-refractivity contribution in [2.45, 2.75) is 71.4 Å². The highest BCUT2D eigenvalue weighted by atomic mass is 35.5. The molecule has 2 fully saturated rings. The summed E-state index contributed by atoms with van der Waals surface area (Å²) in [4.78, 5) is 17.8. The summed E-state index contributed by atoms with van der Waals surface area (Å²) in [7, 11) is 3.57. The lowest BCUT2D eigenvalue weighted by Gasteiger charge is -2.56. The summed E-state index contributed by atoms with van der Waals surface area (Å²) in [6.07, 6.45) is 8.01. The van der Waals surface area contributed by atoms with E-state index >= 15 is 4.39 Å². The number of fused-ring (bicyclic) bond motifs is 2. The smallest absolute Gasteiger partial charge is 0.251 e. The molecule has 2 aliphatic carbocycles. The van der Waals surface area contributed by atoms with Gasteiger partial charge >= 0.3 is 0 Å². The molecule has 49 heavy (non-hydrogen) atoms. The minimum absolute atomic E-state index is 0.145. The van der Waals surface area contributed by atoms with Crippen LogP contribution < -0.4 is 20.3 Å². The zero-order valence-electron chi connectivity index (χ0n) is 30.1. The predicted octanol–water partition coefficient (Wildman–Crippen LogP) is 7.12. The fourth-order valence-electron chi connectivity index (χ4n) is 8.58. The molecule has 2 aromatic carbocycles. The van der Waals surface area contributed by atoms with Crippen molar-refractivity contribution in [3.63, 3.8) is 0 Å². The maximum atomic E-state index is 15.6. The normalized spacial score (nSPS) is 24.9. The number of allylic oxidation sites excluding steroid dienone is 1. The lowest BCUT2D eigenvalue weighted by Crippen LogP contribution is -2.61. The fourth-order valence-corrected chi connectivity index (χ4v) is 8.75. The third kappa shape index (κ3) is 7.53. The number of hydrogen-bond acceptors (Lipinski definition) is 6. The van der Waals surface area contributed by atoms with Crippen LogP contribution in [0.5, 0.6) is 5.75 Å². The van der Waals surface area contributed by atoms with Gasteiger partial charge in [-0.15, -0.1) is 0 Å². The number of amides is 1. The number of anilines is 1. The summed E-state index contributed by atoms with van der Waals surface area (Å²) in [5, 5.41) is 6.46. The van der Waals surface area contributed by atoms with Gasteiger partial charge in [-0.2, -0.15) is 0 Å². The monoisotopic (exact) mass is 694 g/mol. The topological polar surface area (TPSA) is 66.1 Å². The number of piperazine rings is 1. The molecule has 1 saturated carbocycles. The number of halogens is 2. The number of carbonyl (C=O) groups excluding carboxylic acids is 1. The standard InChI is InChI=1S/C40H56ClFN4O3/c1-26(2)27(3)31-20-32(21-31)40(48-5,25-45-17-15-44-16-18-45)34-12-9-30(34)24-46-23-29-10-13-35(41)38(42)33(29)8-6-7-19-49-37-14-11-28(22-36(37)46)39(47)43-4/h10-11,13-14,20,22,26-27,30-31,34,44H,6-9,12,15-19,21,23-25H2,1-5H3,(H,43,47)/t27-,30+,31+,34-,40+/m1/s1. The molecule has 0 radical (unpaired) electrons. The van der Waals surface area contributed by atoms with Crippen molar-refractivity contribution in [1.82, 2.24) is 15.5 Å². The first kappa shape index (κ1) is 36.2. The zero-order chi connectivity index (χ0) is 34.7. The van der Waals surface area contributed by atoms with Crippen LogP contribution in [0.3, 0.4) is 0 Å². The third-order valence-electron chi connectivity index (χ3n) is 12.2. The lowest BCUT2D eigenvalue weighted by molar-refractivity contribution is -0.106. The van der Waals surface area contributed by atoms with E-state index in [1.165, 1.54) is 5.57 Å². The Morgan fingerprint density at radius 3 is 2.61 bits per heavy atom. The second-order valence-electron chi connectivity index (χ2n) is 15.2. The molecule has 0 unspecified atom stereocenters. The van der Waals surface area contributed by atoms with Gasteiger partial charge in [-0.25, -0.2) is 4.39 Å². The van der Waals surface area contributed by atoms with Gasteiger partial charge in [0, 0.05) is 65.5 Å². The molecule has 2 N–H and O–H groups in total. The Bertz CT molecular complexity index is 1510. The van der Waals surface area contributed by atoms with Gasteiger partial charge in [-0.05, 0) is 109 Å². The Balaban J connectivity index is 1.38. The van der Waals surface area contributed by atoms with Crippen LogP contribution in [0.25, 0.3) is 0 Å². The Kier molecular flexibility index (Phi) is 11.6. The number of ether oxygens (including phenoxy) is 2. The maximum Gasteiger partial charge on any atom is 0.251 e. The van der Waals surface area contributed by atoms with Crippen molar-refractivity contribution in [2.75, 3.05) is 64.9 Å². The van der Waals surface area contributed by atoms with E-state index in [9.17, 15) is 4.79 Å². The molecule has 268 valence electrons. The van der Waals surface area contributed by atoms with Crippen LogP contribution in [0.2, 0.25) is 5.02 Å². The van der Waals surface area contributed by atoms with E-state index in [-0.39, 0.29) is 22.3 Å². The minimum atomic E-state index is -0.358. The van der Waals surface area contributed by atoms with Crippen LogP contribution in [-0.4, -0.2) is 76.4 Å². The van der Waals surface area contributed by atoms with Crippen LogP contribution in [0.15, 0.2) is 42.0 Å². The van der Waals surface area contributed by atoms with E-state index in [4.69, 9.17) is 21.1 Å². The van der Waals surface area contributed by atoms with Crippen molar-refractivity contribution >= 4 is 23.2 Å². The fraction of sp³-hybridized carbons (Fsp3) is 0.625. The number of hydrogen-bond donors (Lipinski definition) is 2. The second kappa shape index (κ2) is 15.7. The Labute approximate surface area is 297 Å². The summed E-state index contributed by atoms with van der Waals surface area (Å²) >= 11 is 6.33. The molecule has 1 amide bonds. The number of nitrogens with zero attached hydrogens (tertiary/aromatic N) is 2. The first-order valence-corrected chi connectivity index (χ1v) is 18.9. The third-order valence-corrected chi connectivity index (χ3v) is 12.5. The van der Waals surface area contributed by atoms with E-state index in [2.05, 4.69) is 47.3 Å². The van der Waals surface area contributed by atoms with Crippen LogP contribution in [0.4, 0.5) is 10.1 Å². The number of nitrogens with one attached hydrogen (secondary N) is 2. The average Bonchev–Trinajstić information content (AvgIpc) is 3.10. The molecule has 2 aliphatic heterocycles. The first-order valence-electron chi connectivity index (χ1n) is 18.5. The molecule has 4 aliphatic rings. The van der Waals surface area contributed by atoms with Gasteiger partial charge in [0.05, 0.1) is 17.3 Å². The lowest BCUT2D eigenvalue weighted by atomic mass is 9.57. The van der Waals surface area contributed by atoms with Gasteiger partial charge in [0.25, 0.3) is 5.91 Å². The summed E-state index contributed by atoms with van der Waals surface area (Å²) in [6.45, 7) is 13.7.